The summed E-state index contributed by atoms with van der Waals surface area (Å²) in [6, 6.07) is 10.6. The van der Waals surface area contributed by atoms with E-state index in [-0.39, 0.29) is 11.1 Å². The van der Waals surface area contributed by atoms with Gasteiger partial charge in [-0.15, -0.1) is 0 Å². The van der Waals surface area contributed by atoms with E-state index in [0.717, 1.165) is 0 Å². The van der Waals surface area contributed by atoms with Crippen LogP contribution in [0.3, 0.4) is 0 Å². The first-order valence-corrected chi connectivity index (χ1v) is 4.79. The predicted octanol–water partition coefficient (Wildman–Crippen LogP) is -0.296. The highest BCUT2D eigenvalue weighted by molar-refractivity contribution is 5.33. The zero-order valence-electron chi connectivity index (χ0n) is 8.79. The number of hydrogen-bond donors (Lipinski definition) is 2. The van der Waals surface area contributed by atoms with Gasteiger partial charge in [0, 0.05) is 6.20 Å². The van der Waals surface area contributed by atoms with Crippen LogP contribution < -0.4 is 17.0 Å². The van der Waals surface area contributed by atoms with Crippen molar-refractivity contribution >= 4 is 0 Å². The normalized spacial score (nSPS) is 9.82. The molecular weight excluding hydrogens is 218 g/mol. The number of hydrogen-bond acceptors (Lipinski definition) is 4. The number of rotatable bonds is 1. The molecular formula is C11H9N5O. The lowest BCUT2D eigenvalue weighted by Crippen LogP contribution is -2.45. The second kappa shape index (κ2) is 3.98. The van der Waals surface area contributed by atoms with Gasteiger partial charge in [0.05, 0.1) is 5.69 Å². The van der Waals surface area contributed by atoms with E-state index < -0.39 is 5.69 Å². The highest BCUT2D eigenvalue weighted by Gasteiger charge is 2.07. The van der Waals surface area contributed by atoms with Gasteiger partial charge < -0.3 is 5.84 Å². The highest BCUT2D eigenvalue weighted by atomic mass is 16.2. The number of nitrogens with two attached hydrogens (primary N) is 1. The van der Waals surface area contributed by atoms with Crippen LogP contribution in [0, 0.1) is 16.7 Å². The van der Waals surface area contributed by atoms with Crippen molar-refractivity contribution in [1.82, 2.24) is 9.24 Å². The number of aromatic nitrogens is 2. The quantitative estimate of drug-likeness (QED) is 0.654. The summed E-state index contributed by atoms with van der Waals surface area (Å²) in [6.07, 6.45) is 1.31. The Morgan fingerprint density at radius 1 is 1.29 bits per heavy atom. The van der Waals surface area contributed by atoms with Crippen molar-refractivity contribution in [2.45, 2.75) is 0 Å². The fourth-order valence-electron chi connectivity index (χ4n) is 1.44. The molecule has 6 nitrogen and oxygen atoms in total. The Hall–Kier alpha value is -2.81. The van der Waals surface area contributed by atoms with Crippen LogP contribution in [-0.4, -0.2) is 9.24 Å². The van der Waals surface area contributed by atoms with Gasteiger partial charge in [0.2, 0.25) is 0 Å². The van der Waals surface area contributed by atoms with E-state index in [1.807, 2.05) is 12.1 Å². The Morgan fingerprint density at radius 2 is 1.94 bits per heavy atom. The SMILES string of the molecule is N#Cc1cn(-c2ccccc2)c(=O)n(N)c1=N. The molecule has 0 aliphatic carbocycles. The standard InChI is InChI=1S/C11H9N5O/c12-6-8-7-15(9-4-2-1-3-5-9)11(17)16(14)10(8)13/h1-5,7,13H,14H2. The van der Waals surface area contributed by atoms with Gasteiger partial charge in [-0.2, -0.15) is 9.94 Å². The fourth-order valence-corrected chi connectivity index (χ4v) is 1.44. The monoisotopic (exact) mass is 227 g/mol. The Labute approximate surface area is 96.3 Å². The van der Waals surface area contributed by atoms with Gasteiger partial charge in [0.25, 0.3) is 0 Å². The van der Waals surface area contributed by atoms with Crippen molar-refractivity contribution in [3.05, 3.63) is 58.1 Å². The van der Waals surface area contributed by atoms with Crippen LogP contribution >= 0.6 is 0 Å². The van der Waals surface area contributed by atoms with E-state index in [9.17, 15) is 4.79 Å². The molecule has 0 atom stereocenters. The minimum Gasteiger partial charge on any atom is -0.333 e. The minimum atomic E-state index is -0.569. The van der Waals surface area contributed by atoms with E-state index in [0.29, 0.717) is 10.4 Å². The van der Waals surface area contributed by atoms with Crippen molar-refractivity contribution in [1.29, 1.82) is 10.7 Å². The summed E-state index contributed by atoms with van der Waals surface area (Å²) < 4.78 is 1.88. The molecule has 0 amide bonds. The van der Waals surface area contributed by atoms with Crippen LogP contribution in [0.15, 0.2) is 41.3 Å². The summed E-state index contributed by atoms with van der Waals surface area (Å²) in [5.41, 5.74) is -0.242. The number of nitriles is 1. The number of para-hydroxylation sites is 1. The third-order valence-corrected chi connectivity index (χ3v) is 2.32. The molecule has 1 aromatic carbocycles. The van der Waals surface area contributed by atoms with Crippen LogP contribution in [0.5, 0.6) is 0 Å². The van der Waals surface area contributed by atoms with Crippen LogP contribution in [0.4, 0.5) is 0 Å². The topological polar surface area (TPSA) is 101 Å². The molecule has 17 heavy (non-hydrogen) atoms. The average molecular weight is 227 g/mol. The van der Waals surface area contributed by atoms with Gasteiger partial charge in [-0.1, -0.05) is 18.2 Å². The van der Waals surface area contributed by atoms with Crippen molar-refractivity contribution in [2.75, 3.05) is 5.84 Å². The molecule has 2 aromatic rings. The molecule has 2 rings (SSSR count). The van der Waals surface area contributed by atoms with Crippen LogP contribution in [0.25, 0.3) is 5.69 Å². The molecule has 0 aliphatic heterocycles. The summed E-state index contributed by atoms with van der Waals surface area (Å²) in [5, 5.41) is 16.3. The van der Waals surface area contributed by atoms with Crippen LogP contribution in [0.1, 0.15) is 5.56 Å². The molecule has 0 saturated carbocycles. The van der Waals surface area contributed by atoms with E-state index in [4.69, 9.17) is 16.5 Å². The zero-order valence-corrected chi connectivity index (χ0v) is 8.79. The zero-order chi connectivity index (χ0) is 12.4. The number of nitrogens with one attached hydrogen (secondary N) is 1. The number of benzene rings is 1. The number of nitrogen functional groups attached to an aromatic ring is 1. The fraction of sp³-hybridized carbons (Fsp3) is 0. The molecule has 3 N–H and O–H groups in total. The average Bonchev–Trinajstić information content (AvgIpc) is 2.37. The summed E-state index contributed by atoms with van der Waals surface area (Å²) in [4.78, 5) is 11.8. The van der Waals surface area contributed by atoms with Gasteiger partial charge in [-0.05, 0) is 12.1 Å². The molecule has 1 heterocycles. The van der Waals surface area contributed by atoms with Gasteiger partial charge >= 0.3 is 5.69 Å². The van der Waals surface area contributed by atoms with Crippen molar-refractivity contribution in [2.24, 2.45) is 0 Å². The van der Waals surface area contributed by atoms with Crippen LogP contribution in [-0.2, 0) is 0 Å². The molecule has 84 valence electrons. The summed E-state index contributed by atoms with van der Waals surface area (Å²) in [6.45, 7) is 0. The van der Waals surface area contributed by atoms with Crippen molar-refractivity contribution in [3.8, 4) is 11.8 Å². The predicted molar refractivity (Wildman–Crippen MR) is 60.7 cm³/mol. The maximum atomic E-state index is 11.8. The molecule has 0 saturated heterocycles. The van der Waals surface area contributed by atoms with E-state index in [2.05, 4.69) is 0 Å². The Bertz CT molecular complexity index is 705. The largest absolute Gasteiger partial charge is 0.353 e. The third-order valence-electron chi connectivity index (χ3n) is 2.32. The maximum Gasteiger partial charge on any atom is 0.353 e. The third kappa shape index (κ3) is 1.70. The highest BCUT2D eigenvalue weighted by Crippen LogP contribution is 2.02. The van der Waals surface area contributed by atoms with E-state index >= 15 is 0 Å². The van der Waals surface area contributed by atoms with Crippen molar-refractivity contribution in [3.63, 3.8) is 0 Å². The second-order valence-corrected chi connectivity index (χ2v) is 3.36. The first kappa shape index (κ1) is 10.7. The lowest BCUT2D eigenvalue weighted by molar-refractivity contribution is 0.740. The molecule has 0 fully saturated rings. The lowest BCUT2D eigenvalue weighted by atomic mass is 10.3. The van der Waals surface area contributed by atoms with E-state index in [1.54, 1.807) is 24.3 Å². The Kier molecular flexibility index (Phi) is 2.51. The minimum absolute atomic E-state index is 0.0379. The number of nitrogens with zero attached hydrogens (tertiary/aromatic N) is 3. The Morgan fingerprint density at radius 3 is 2.53 bits per heavy atom. The molecule has 0 bridgehead atoms. The molecule has 6 heteroatoms. The van der Waals surface area contributed by atoms with Gasteiger partial charge in [-0.3, -0.25) is 9.98 Å². The summed E-state index contributed by atoms with van der Waals surface area (Å²) in [5.74, 6) is 5.44. The Balaban J connectivity index is 2.82. The van der Waals surface area contributed by atoms with Crippen LogP contribution in [0.2, 0.25) is 0 Å². The van der Waals surface area contributed by atoms with Gasteiger partial charge in [-0.25, -0.2) is 4.79 Å². The molecule has 0 radical (unpaired) electrons. The maximum absolute atomic E-state index is 11.8. The van der Waals surface area contributed by atoms with Gasteiger partial charge in [0.1, 0.15) is 11.6 Å². The molecule has 0 spiro atoms. The summed E-state index contributed by atoms with van der Waals surface area (Å²) in [7, 11) is 0. The first-order valence-electron chi connectivity index (χ1n) is 4.79. The smallest absolute Gasteiger partial charge is 0.333 e. The molecule has 1 aromatic heterocycles. The van der Waals surface area contributed by atoms with Crippen molar-refractivity contribution < 1.29 is 0 Å². The van der Waals surface area contributed by atoms with E-state index in [1.165, 1.54) is 10.8 Å². The summed E-state index contributed by atoms with van der Waals surface area (Å²) >= 11 is 0. The first-order chi connectivity index (χ1) is 8.15. The molecule has 0 unspecified atom stereocenters. The lowest BCUT2D eigenvalue weighted by Gasteiger charge is -2.08. The second-order valence-electron chi connectivity index (χ2n) is 3.36. The van der Waals surface area contributed by atoms with Gasteiger partial charge in [0.15, 0.2) is 5.49 Å². The molecule has 0 aliphatic rings.